The van der Waals surface area contributed by atoms with Crippen molar-refractivity contribution in [1.82, 2.24) is 0 Å². The van der Waals surface area contributed by atoms with Gasteiger partial charge in [-0.05, 0) is 35.4 Å². The van der Waals surface area contributed by atoms with Gasteiger partial charge in [-0.3, -0.25) is 9.59 Å². The summed E-state index contributed by atoms with van der Waals surface area (Å²) >= 11 is 5.74. The van der Waals surface area contributed by atoms with Gasteiger partial charge in [0, 0.05) is 16.1 Å². The molecular weight excluding hydrogens is 436 g/mol. The lowest BCUT2D eigenvalue weighted by atomic mass is 10.0. The van der Waals surface area contributed by atoms with E-state index < -0.39 is 12.2 Å². The van der Waals surface area contributed by atoms with Gasteiger partial charge in [-0.25, -0.2) is 0 Å². The number of Topliss-reactive ketones (excluding diaryl/α,β-unsaturated/α-hetero) is 2. The number of hydrogen-bond acceptors (Lipinski definition) is 4. The first-order valence-corrected chi connectivity index (χ1v) is 10.7. The Balaban J connectivity index is 0.000000186. The average molecular weight is 459 g/mol. The molecule has 4 aromatic rings. The van der Waals surface area contributed by atoms with Crippen molar-refractivity contribution in [2.24, 2.45) is 0 Å². The first-order chi connectivity index (χ1) is 16.0. The van der Waals surface area contributed by atoms with Crippen LogP contribution in [0.1, 0.15) is 44.1 Å². The van der Waals surface area contributed by atoms with Gasteiger partial charge >= 0.3 is 0 Å². The van der Waals surface area contributed by atoms with Crippen molar-refractivity contribution in [3.63, 3.8) is 0 Å². The maximum atomic E-state index is 12.0. The van der Waals surface area contributed by atoms with E-state index in [0.29, 0.717) is 27.3 Å². The highest BCUT2D eigenvalue weighted by Crippen LogP contribution is 2.20. The van der Waals surface area contributed by atoms with Crippen LogP contribution in [0.3, 0.4) is 0 Å². The summed E-state index contributed by atoms with van der Waals surface area (Å²) in [5, 5.41) is 20.4. The molecule has 2 unspecified atom stereocenters. The number of carbonyl (C=O) groups is 2. The van der Waals surface area contributed by atoms with E-state index in [2.05, 4.69) is 0 Å². The van der Waals surface area contributed by atoms with Gasteiger partial charge in [0.1, 0.15) is 12.2 Å². The Morgan fingerprint density at radius 1 is 0.515 bits per heavy atom. The fraction of sp³-hybridized carbons (Fsp3) is 0.0714. The molecule has 0 heterocycles. The molecule has 2 N–H and O–H groups in total. The minimum Gasteiger partial charge on any atom is -0.380 e. The summed E-state index contributed by atoms with van der Waals surface area (Å²) in [6, 6.07) is 33.1. The molecule has 2 atom stereocenters. The van der Waals surface area contributed by atoms with Gasteiger partial charge in [-0.15, -0.1) is 0 Å². The third-order valence-electron chi connectivity index (χ3n) is 4.91. The molecule has 4 nitrogen and oxygen atoms in total. The van der Waals surface area contributed by atoms with Crippen LogP contribution in [0, 0.1) is 0 Å². The Morgan fingerprint density at radius 3 is 1.24 bits per heavy atom. The molecule has 0 fully saturated rings. The Morgan fingerprint density at radius 2 is 0.848 bits per heavy atom. The highest BCUT2D eigenvalue weighted by atomic mass is 35.5. The summed E-state index contributed by atoms with van der Waals surface area (Å²) < 4.78 is 0. The molecule has 0 saturated carbocycles. The Kier molecular flexibility index (Phi) is 8.67. The lowest BCUT2D eigenvalue weighted by Crippen LogP contribution is -2.11. The predicted octanol–water partition coefficient (Wildman–Crippen LogP) is 5.86. The number of hydrogen-bond donors (Lipinski definition) is 2. The molecule has 0 radical (unpaired) electrons. The number of ketones is 2. The zero-order valence-corrected chi connectivity index (χ0v) is 18.5. The molecule has 4 aromatic carbocycles. The SMILES string of the molecule is O=C(c1ccc(Cl)cc1)C(O)c1ccccc1.O=C(c1ccccc1)C(O)c1ccccc1. The molecular formula is C28H23ClO4. The van der Waals surface area contributed by atoms with Crippen molar-refractivity contribution >= 4 is 23.2 Å². The second kappa shape index (κ2) is 11.9. The monoisotopic (exact) mass is 458 g/mol. The van der Waals surface area contributed by atoms with E-state index in [-0.39, 0.29) is 11.6 Å². The minimum absolute atomic E-state index is 0.271. The van der Waals surface area contributed by atoms with Gasteiger partial charge in [-0.1, -0.05) is 103 Å². The van der Waals surface area contributed by atoms with Gasteiger partial charge in [0.25, 0.3) is 0 Å². The van der Waals surface area contributed by atoms with E-state index in [1.807, 2.05) is 18.2 Å². The summed E-state index contributed by atoms with van der Waals surface area (Å²) in [4.78, 5) is 23.9. The van der Waals surface area contributed by atoms with Crippen molar-refractivity contribution in [2.45, 2.75) is 12.2 Å². The fourth-order valence-corrected chi connectivity index (χ4v) is 3.23. The van der Waals surface area contributed by atoms with Crippen LogP contribution >= 0.6 is 11.6 Å². The normalized spacial score (nSPS) is 12.1. The molecule has 0 saturated heterocycles. The van der Waals surface area contributed by atoms with Gasteiger partial charge in [0.05, 0.1) is 0 Å². The van der Waals surface area contributed by atoms with Crippen molar-refractivity contribution in [1.29, 1.82) is 0 Å². The van der Waals surface area contributed by atoms with Crippen molar-refractivity contribution in [3.05, 3.63) is 143 Å². The first-order valence-electron chi connectivity index (χ1n) is 10.3. The summed E-state index contributed by atoms with van der Waals surface area (Å²) in [5.74, 6) is -0.598. The highest BCUT2D eigenvalue weighted by molar-refractivity contribution is 6.30. The largest absolute Gasteiger partial charge is 0.380 e. The van der Waals surface area contributed by atoms with E-state index in [4.69, 9.17) is 11.6 Å². The van der Waals surface area contributed by atoms with E-state index >= 15 is 0 Å². The zero-order valence-electron chi connectivity index (χ0n) is 17.7. The Bertz CT molecular complexity index is 1160. The number of halogens is 1. The molecule has 0 spiro atoms. The van der Waals surface area contributed by atoms with Crippen LogP contribution < -0.4 is 0 Å². The lowest BCUT2D eigenvalue weighted by molar-refractivity contribution is 0.0743. The van der Waals surface area contributed by atoms with E-state index in [1.54, 1.807) is 97.1 Å². The molecule has 33 heavy (non-hydrogen) atoms. The smallest absolute Gasteiger partial charge is 0.195 e. The van der Waals surface area contributed by atoms with Crippen LogP contribution in [0.15, 0.2) is 115 Å². The number of rotatable bonds is 6. The molecule has 0 bridgehead atoms. The second-order valence-electron chi connectivity index (χ2n) is 7.23. The van der Waals surface area contributed by atoms with E-state index in [1.165, 1.54) is 0 Å². The van der Waals surface area contributed by atoms with Crippen LogP contribution in [0.4, 0.5) is 0 Å². The summed E-state index contributed by atoms with van der Waals surface area (Å²) in [6.07, 6.45) is -2.21. The van der Waals surface area contributed by atoms with Crippen LogP contribution in [-0.2, 0) is 0 Å². The van der Waals surface area contributed by atoms with Crippen molar-refractivity contribution in [3.8, 4) is 0 Å². The lowest BCUT2D eigenvalue weighted by Gasteiger charge is -2.09. The van der Waals surface area contributed by atoms with Gasteiger partial charge in [0.15, 0.2) is 11.6 Å². The van der Waals surface area contributed by atoms with E-state index in [9.17, 15) is 19.8 Å². The summed E-state index contributed by atoms with van der Waals surface area (Å²) in [6.45, 7) is 0. The van der Waals surface area contributed by atoms with Crippen molar-refractivity contribution in [2.75, 3.05) is 0 Å². The van der Waals surface area contributed by atoms with Crippen LogP contribution in [-0.4, -0.2) is 21.8 Å². The topological polar surface area (TPSA) is 74.6 Å². The zero-order chi connectivity index (χ0) is 23.6. The number of carbonyl (C=O) groups excluding carboxylic acids is 2. The Hall–Kier alpha value is -3.57. The number of benzene rings is 4. The highest BCUT2D eigenvalue weighted by Gasteiger charge is 2.19. The maximum Gasteiger partial charge on any atom is 0.195 e. The molecule has 0 aromatic heterocycles. The van der Waals surface area contributed by atoms with Gasteiger partial charge in [-0.2, -0.15) is 0 Å². The average Bonchev–Trinajstić information content (AvgIpc) is 2.89. The predicted molar refractivity (Wildman–Crippen MR) is 129 cm³/mol. The molecule has 5 heteroatoms. The molecule has 0 aliphatic heterocycles. The molecule has 0 aliphatic carbocycles. The van der Waals surface area contributed by atoms with Gasteiger partial charge in [0.2, 0.25) is 0 Å². The fourth-order valence-electron chi connectivity index (χ4n) is 3.11. The maximum absolute atomic E-state index is 12.0. The van der Waals surface area contributed by atoms with Gasteiger partial charge < -0.3 is 10.2 Å². The molecule has 4 rings (SSSR count). The third-order valence-corrected chi connectivity index (χ3v) is 5.17. The molecule has 0 aliphatic rings. The van der Waals surface area contributed by atoms with E-state index in [0.717, 1.165) is 0 Å². The standard InChI is InChI=1S/C14H11ClO2.C14H12O2/c15-12-8-6-11(7-9-12)14(17)13(16)10-4-2-1-3-5-10;15-13(11-7-3-1-4-8-11)14(16)12-9-5-2-6-10-12/h1-9,13,16H;1-10,13,15H. The minimum atomic E-state index is -1.13. The summed E-state index contributed by atoms with van der Waals surface area (Å²) in [7, 11) is 0. The van der Waals surface area contributed by atoms with Crippen molar-refractivity contribution < 1.29 is 19.8 Å². The van der Waals surface area contributed by atoms with Crippen LogP contribution in [0.5, 0.6) is 0 Å². The van der Waals surface area contributed by atoms with Crippen LogP contribution in [0.2, 0.25) is 5.02 Å². The first kappa shape index (κ1) is 24.1. The number of aliphatic hydroxyl groups excluding tert-OH is 2. The second-order valence-corrected chi connectivity index (χ2v) is 7.66. The molecule has 166 valence electrons. The molecule has 0 amide bonds. The quantitative estimate of drug-likeness (QED) is 0.355. The van der Waals surface area contributed by atoms with Crippen LogP contribution in [0.25, 0.3) is 0 Å². The third kappa shape index (κ3) is 6.70. The summed E-state index contributed by atoms with van der Waals surface area (Å²) in [5.41, 5.74) is 2.19. The number of aliphatic hydroxyl groups is 2. The Labute approximate surface area is 197 Å².